The van der Waals surface area contributed by atoms with Gasteiger partial charge in [-0.2, -0.15) is 65.9 Å². The smallest absolute Gasteiger partial charge is 0.460 e. The summed E-state index contributed by atoms with van der Waals surface area (Å²) in [4.78, 5) is 7.91. The molecule has 1 unspecified atom stereocenters. The van der Waals surface area contributed by atoms with E-state index in [0.717, 1.165) is 74.5 Å². The Hall–Kier alpha value is -4.04. The van der Waals surface area contributed by atoms with Gasteiger partial charge in [-0.1, -0.05) is 38.3 Å². The van der Waals surface area contributed by atoms with Crippen molar-refractivity contribution < 1.29 is 84.5 Å². The summed E-state index contributed by atoms with van der Waals surface area (Å²) in [5, 5.41) is 0. The van der Waals surface area contributed by atoms with Crippen molar-refractivity contribution in [1.29, 1.82) is 0 Å². The van der Waals surface area contributed by atoms with E-state index in [1.165, 1.54) is 0 Å². The zero-order valence-electron chi connectivity index (χ0n) is 28.9. The molecule has 0 saturated heterocycles. The van der Waals surface area contributed by atoms with Crippen LogP contribution in [0.1, 0.15) is 57.4 Å². The number of benzene rings is 2. The summed E-state index contributed by atoms with van der Waals surface area (Å²) in [6.45, 7) is 0.140. The number of halogens is 16. The van der Waals surface area contributed by atoms with Gasteiger partial charge in [0.25, 0.3) is 0 Å². The van der Waals surface area contributed by atoms with E-state index in [4.69, 9.17) is 9.47 Å². The van der Waals surface area contributed by atoms with Gasteiger partial charge in [0.15, 0.2) is 18.5 Å². The zero-order valence-corrected chi connectivity index (χ0v) is 28.9. The summed E-state index contributed by atoms with van der Waals surface area (Å²) in [7, 11) is 0. The Kier molecular flexibility index (Phi) is 13.1. The number of hydrogen-bond acceptors (Lipinski definition) is 5. The van der Waals surface area contributed by atoms with E-state index in [-0.39, 0.29) is 29.1 Å². The number of unbranched alkanes of at least 4 members (excludes halogenated alkanes) is 4. The minimum Gasteiger partial charge on any atom is -0.487 e. The lowest BCUT2D eigenvalue weighted by atomic mass is 9.94. The maximum Gasteiger partial charge on any atom is 0.460 e. The number of hydrogen-bond donors (Lipinski definition) is 0. The fraction of sp³-hybridized carbons (Fsp3) is 0.543. The third-order valence-corrected chi connectivity index (χ3v) is 8.76. The lowest BCUT2D eigenvalue weighted by molar-refractivity contribution is -0.440. The Labute approximate surface area is 308 Å². The van der Waals surface area contributed by atoms with Gasteiger partial charge in [0.2, 0.25) is 0 Å². The average Bonchev–Trinajstić information content (AvgIpc) is 3.39. The molecular formula is C35H32F16N2O3. The molecule has 312 valence electrons. The summed E-state index contributed by atoms with van der Waals surface area (Å²) in [5.74, 6) is -44.3. The molecule has 0 saturated carbocycles. The Morgan fingerprint density at radius 2 is 1.25 bits per heavy atom. The van der Waals surface area contributed by atoms with E-state index in [2.05, 4.69) is 21.6 Å². The molecule has 0 spiro atoms. The van der Waals surface area contributed by atoms with Gasteiger partial charge >= 0.3 is 41.7 Å². The second kappa shape index (κ2) is 16.4. The molecule has 0 aliphatic carbocycles. The van der Waals surface area contributed by atoms with Gasteiger partial charge in [-0.25, -0.2) is 14.4 Å². The summed E-state index contributed by atoms with van der Waals surface area (Å²) < 4.78 is 235. The van der Waals surface area contributed by atoms with Crippen LogP contribution in [0, 0.1) is 5.82 Å². The van der Waals surface area contributed by atoms with Crippen molar-refractivity contribution in [3.63, 3.8) is 0 Å². The molecule has 3 aromatic rings. The predicted octanol–water partition coefficient (Wildman–Crippen LogP) is 11.7. The van der Waals surface area contributed by atoms with Crippen molar-refractivity contribution in [3.05, 3.63) is 60.2 Å². The summed E-state index contributed by atoms with van der Waals surface area (Å²) in [6, 6.07) is 5.80. The van der Waals surface area contributed by atoms with Crippen molar-refractivity contribution in [2.75, 3.05) is 19.8 Å². The fourth-order valence-corrected chi connectivity index (χ4v) is 5.46. The molecule has 21 heteroatoms. The Morgan fingerprint density at radius 1 is 0.679 bits per heavy atom. The number of ether oxygens (including phenoxy) is 3. The molecule has 1 aliphatic rings. The van der Waals surface area contributed by atoms with Gasteiger partial charge in [0.1, 0.15) is 22.9 Å². The lowest BCUT2D eigenvalue weighted by Crippen LogP contribution is -2.70. The summed E-state index contributed by atoms with van der Waals surface area (Å²) in [5.41, 5.74) is -1.18. The number of aromatic nitrogens is 2. The zero-order chi connectivity index (χ0) is 42.0. The van der Waals surface area contributed by atoms with E-state index in [1.54, 1.807) is 0 Å². The summed E-state index contributed by atoms with van der Waals surface area (Å²) in [6.07, 6.45) is -2.17. The molecule has 56 heavy (non-hydrogen) atoms. The first-order chi connectivity index (χ1) is 25.8. The second-order valence-corrected chi connectivity index (χ2v) is 12.8. The maximum absolute atomic E-state index is 15.5. The average molecular weight is 833 g/mol. The fourth-order valence-electron chi connectivity index (χ4n) is 5.46. The molecule has 2 aromatic carbocycles. The molecular weight excluding hydrogens is 800 g/mol. The van der Waals surface area contributed by atoms with Gasteiger partial charge in [0.05, 0.1) is 5.56 Å². The van der Waals surface area contributed by atoms with Crippen LogP contribution in [0.5, 0.6) is 11.5 Å². The maximum atomic E-state index is 15.5. The van der Waals surface area contributed by atoms with Crippen LogP contribution in [-0.2, 0) is 10.7 Å². The van der Waals surface area contributed by atoms with Crippen LogP contribution in [0.15, 0.2) is 48.8 Å². The number of nitrogens with zero attached hydrogens (tertiary/aromatic N) is 2. The minimum atomic E-state index is -8.03. The largest absolute Gasteiger partial charge is 0.487 e. The second-order valence-electron chi connectivity index (χ2n) is 12.8. The molecule has 0 fully saturated rings. The van der Waals surface area contributed by atoms with Gasteiger partial charge in [-0.05, 0) is 55.5 Å². The molecule has 0 amide bonds. The van der Waals surface area contributed by atoms with E-state index >= 15 is 13.2 Å². The highest BCUT2D eigenvalue weighted by Gasteiger charge is 2.90. The SMILES string of the molecule is CCCCCCOCCCCC1Oc2ccc(-c3ncc(-c4ccc(OCC(F)(F)C(F)(F)C(F)(F)C(F)(F)C(F)(F)C(F)(F)F)cc4)cn3)c(F)c2C1(F)F. The van der Waals surface area contributed by atoms with Crippen LogP contribution in [0.3, 0.4) is 0 Å². The Bertz CT molecular complexity index is 1770. The van der Waals surface area contributed by atoms with Crippen molar-refractivity contribution in [3.8, 4) is 34.0 Å². The molecule has 0 radical (unpaired) electrons. The summed E-state index contributed by atoms with van der Waals surface area (Å²) >= 11 is 0. The normalized spacial score (nSPS) is 16.5. The van der Waals surface area contributed by atoms with Crippen LogP contribution < -0.4 is 9.47 Å². The number of rotatable bonds is 19. The standard InChI is InChI=1S/C35H32F16N2O3/c1-2-3-4-6-15-54-16-7-5-8-25-30(39,40)26-24(56-25)14-13-23(27(26)36)28-52-17-21(18-53-28)20-9-11-22(12-10-20)55-19-29(37,38)31(41,42)32(43,44)33(45,46)34(47,48)35(49,50)51/h9-14,17-18,25H,2-8,15-16,19H2,1H3. The van der Waals surface area contributed by atoms with Crippen LogP contribution >= 0.6 is 0 Å². The lowest BCUT2D eigenvalue weighted by Gasteiger charge is -2.39. The van der Waals surface area contributed by atoms with E-state index in [0.29, 0.717) is 26.1 Å². The molecule has 0 bridgehead atoms. The van der Waals surface area contributed by atoms with Crippen LogP contribution in [0.2, 0.25) is 0 Å². The van der Waals surface area contributed by atoms with Crippen molar-refractivity contribution >= 4 is 0 Å². The molecule has 5 nitrogen and oxygen atoms in total. The topological polar surface area (TPSA) is 53.5 Å². The molecule has 2 heterocycles. The van der Waals surface area contributed by atoms with Crippen molar-refractivity contribution in [1.82, 2.24) is 9.97 Å². The number of fused-ring (bicyclic) bond motifs is 1. The van der Waals surface area contributed by atoms with E-state index < -0.39 is 77.1 Å². The first kappa shape index (κ1) is 44.7. The third-order valence-electron chi connectivity index (χ3n) is 8.76. The van der Waals surface area contributed by atoms with E-state index in [9.17, 15) is 57.1 Å². The van der Waals surface area contributed by atoms with Gasteiger partial charge < -0.3 is 14.2 Å². The Morgan fingerprint density at radius 3 is 1.82 bits per heavy atom. The predicted molar refractivity (Wildman–Crippen MR) is 166 cm³/mol. The molecule has 1 aromatic heterocycles. The molecule has 1 aliphatic heterocycles. The highest BCUT2D eigenvalue weighted by Crippen LogP contribution is 2.60. The van der Waals surface area contributed by atoms with Crippen LogP contribution in [0.4, 0.5) is 70.2 Å². The van der Waals surface area contributed by atoms with Crippen molar-refractivity contribution in [2.24, 2.45) is 0 Å². The van der Waals surface area contributed by atoms with Crippen LogP contribution in [0.25, 0.3) is 22.5 Å². The Balaban J connectivity index is 1.39. The third kappa shape index (κ3) is 8.46. The van der Waals surface area contributed by atoms with Gasteiger partial charge in [-0.15, -0.1) is 0 Å². The molecule has 1 atom stereocenters. The number of alkyl halides is 15. The van der Waals surface area contributed by atoms with Gasteiger partial charge in [0, 0.05) is 31.2 Å². The monoisotopic (exact) mass is 832 g/mol. The highest BCUT2D eigenvalue weighted by molar-refractivity contribution is 5.66. The quantitative estimate of drug-likeness (QED) is 0.0890. The highest BCUT2D eigenvalue weighted by atomic mass is 19.4. The minimum absolute atomic E-state index is 0.0820. The van der Waals surface area contributed by atoms with Crippen LogP contribution in [-0.4, -0.2) is 71.7 Å². The molecule has 0 N–H and O–H groups in total. The first-order valence-corrected chi connectivity index (χ1v) is 16.8. The molecule has 4 rings (SSSR count). The van der Waals surface area contributed by atoms with Gasteiger partial charge in [-0.3, -0.25) is 0 Å². The first-order valence-electron chi connectivity index (χ1n) is 16.8. The van der Waals surface area contributed by atoms with E-state index in [1.807, 2.05) is 0 Å². The van der Waals surface area contributed by atoms with Crippen molar-refractivity contribution in [2.45, 2.75) is 99.7 Å².